The van der Waals surface area contributed by atoms with Crippen LogP contribution in [0.25, 0.3) is 11.0 Å². The fourth-order valence-electron chi connectivity index (χ4n) is 3.53. The van der Waals surface area contributed by atoms with Crippen molar-refractivity contribution in [3.63, 3.8) is 0 Å². The molecule has 1 aliphatic heterocycles. The van der Waals surface area contributed by atoms with E-state index in [9.17, 15) is 9.59 Å². The van der Waals surface area contributed by atoms with Crippen LogP contribution in [0.1, 0.15) is 32.5 Å². The normalized spacial score (nSPS) is 19.6. The summed E-state index contributed by atoms with van der Waals surface area (Å²) < 4.78 is 2.10. The van der Waals surface area contributed by atoms with E-state index in [-0.39, 0.29) is 17.7 Å². The van der Waals surface area contributed by atoms with Gasteiger partial charge in [0.1, 0.15) is 5.82 Å². The van der Waals surface area contributed by atoms with Gasteiger partial charge < -0.3 is 14.8 Å². The van der Waals surface area contributed by atoms with Crippen LogP contribution in [0.3, 0.4) is 0 Å². The van der Waals surface area contributed by atoms with Crippen molar-refractivity contribution in [1.29, 1.82) is 0 Å². The standard InChI is InChI=1S/C19H26N4O2/c1-19(2)13(12-17(24)23(19)4)18(25)20-11-7-10-16-21-14-8-5-6-9-15(14)22(16)3/h5-6,8-9,13H,7,10-12H2,1-4H3,(H,20,25)/t13-/m0/s1. The van der Waals surface area contributed by atoms with Crippen molar-refractivity contribution in [2.45, 2.75) is 38.6 Å². The summed E-state index contributed by atoms with van der Waals surface area (Å²) >= 11 is 0. The molecule has 0 saturated carbocycles. The third-order valence-electron chi connectivity index (χ3n) is 5.54. The Balaban J connectivity index is 1.54. The number of amides is 2. The first-order valence-electron chi connectivity index (χ1n) is 8.77. The monoisotopic (exact) mass is 342 g/mol. The Hall–Kier alpha value is -2.37. The number of aryl methyl sites for hydroxylation is 2. The van der Waals surface area contributed by atoms with Gasteiger partial charge in [-0.3, -0.25) is 9.59 Å². The zero-order valence-electron chi connectivity index (χ0n) is 15.4. The summed E-state index contributed by atoms with van der Waals surface area (Å²) in [6, 6.07) is 8.07. The van der Waals surface area contributed by atoms with Gasteiger partial charge in [0.05, 0.1) is 17.0 Å². The van der Waals surface area contributed by atoms with E-state index in [1.165, 1.54) is 0 Å². The summed E-state index contributed by atoms with van der Waals surface area (Å²) in [6.07, 6.45) is 1.91. The zero-order chi connectivity index (χ0) is 18.2. The highest BCUT2D eigenvalue weighted by molar-refractivity contribution is 5.90. The van der Waals surface area contributed by atoms with Gasteiger partial charge in [-0.1, -0.05) is 12.1 Å². The van der Waals surface area contributed by atoms with Crippen LogP contribution in [0.5, 0.6) is 0 Å². The average Bonchev–Trinajstić information content (AvgIpc) is 3.01. The van der Waals surface area contributed by atoms with Crippen LogP contribution < -0.4 is 5.32 Å². The highest BCUT2D eigenvalue weighted by atomic mass is 16.2. The summed E-state index contributed by atoms with van der Waals surface area (Å²) in [6.45, 7) is 4.48. The molecule has 134 valence electrons. The van der Waals surface area contributed by atoms with Crippen molar-refractivity contribution in [1.82, 2.24) is 19.8 Å². The molecule has 0 spiro atoms. The molecule has 0 radical (unpaired) electrons. The molecule has 1 N–H and O–H groups in total. The first kappa shape index (κ1) is 17.5. The van der Waals surface area contributed by atoms with Crippen LogP contribution in [0.4, 0.5) is 0 Å². The minimum Gasteiger partial charge on any atom is -0.356 e. The van der Waals surface area contributed by atoms with Gasteiger partial charge in [0.25, 0.3) is 0 Å². The second-order valence-electron chi connectivity index (χ2n) is 7.33. The summed E-state index contributed by atoms with van der Waals surface area (Å²) in [7, 11) is 3.78. The zero-order valence-corrected chi connectivity index (χ0v) is 15.4. The van der Waals surface area contributed by atoms with Gasteiger partial charge in [0, 0.05) is 39.0 Å². The number of nitrogens with one attached hydrogen (secondary N) is 1. The summed E-state index contributed by atoms with van der Waals surface area (Å²) in [5.74, 6) is 0.727. The Morgan fingerprint density at radius 3 is 2.68 bits per heavy atom. The first-order chi connectivity index (χ1) is 11.8. The maximum atomic E-state index is 12.5. The quantitative estimate of drug-likeness (QED) is 0.844. The van der Waals surface area contributed by atoms with Crippen LogP contribution in [-0.4, -0.2) is 45.4 Å². The third-order valence-corrected chi connectivity index (χ3v) is 5.54. The number of para-hydroxylation sites is 2. The lowest BCUT2D eigenvalue weighted by Crippen LogP contribution is -2.47. The third kappa shape index (κ3) is 3.13. The lowest BCUT2D eigenvalue weighted by atomic mass is 9.88. The molecule has 1 aromatic heterocycles. The number of nitrogens with zero attached hydrogens (tertiary/aromatic N) is 3. The van der Waals surface area contributed by atoms with Crippen molar-refractivity contribution in [3.8, 4) is 0 Å². The van der Waals surface area contributed by atoms with Gasteiger partial charge >= 0.3 is 0 Å². The lowest BCUT2D eigenvalue weighted by molar-refractivity contribution is -0.128. The number of imidazole rings is 1. The van der Waals surface area contributed by atoms with Gasteiger partial charge in [0.15, 0.2) is 0 Å². The highest BCUT2D eigenvalue weighted by Crippen LogP contribution is 2.34. The van der Waals surface area contributed by atoms with Crippen LogP contribution in [-0.2, 0) is 23.1 Å². The van der Waals surface area contributed by atoms with Crippen LogP contribution >= 0.6 is 0 Å². The van der Waals surface area contributed by atoms with E-state index in [0.717, 1.165) is 29.7 Å². The average molecular weight is 342 g/mol. The second kappa shape index (κ2) is 6.50. The second-order valence-corrected chi connectivity index (χ2v) is 7.33. The molecule has 2 heterocycles. The number of hydrogen-bond donors (Lipinski definition) is 1. The minimum absolute atomic E-state index is 0.0323. The number of carbonyl (C=O) groups is 2. The smallest absolute Gasteiger partial charge is 0.225 e. The molecule has 0 bridgehead atoms. The summed E-state index contributed by atoms with van der Waals surface area (Å²) in [5, 5.41) is 2.99. The molecule has 1 aliphatic rings. The van der Waals surface area contributed by atoms with Gasteiger partial charge in [0.2, 0.25) is 11.8 Å². The Kier molecular flexibility index (Phi) is 4.54. The van der Waals surface area contributed by atoms with E-state index in [2.05, 4.69) is 20.9 Å². The fourth-order valence-corrected chi connectivity index (χ4v) is 3.53. The highest BCUT2D eigenvalue weighted by Gasteiger charge is 2.47. The van der Waals surface area contributed by atoms with E-state index < -0.39 is 5.54 Å². The van der Waals surface area contributed by atoms with E-state index in [4.69, 9.17) is 0 Å². The molecule has 1 aromatic carbocycles. The molecular weight excluding hydrogens is 316 g/mol. The molecule has 2 aromatic rings. The van der Waals surface area contributed by atoms with Crippen molar-refractivity contribution in [2.75, 3.05) is 13.6 Å². The Morgan fingerprint density at radius 2 is 2.04 bits per heavy atom. The van der Waals surface area contributed by atoms with Gasteiger partial charge in [-0.2, -0.15) is 0 Å². The van der Waals surface area contributed by atoms with Crippen molar-refractivity contribution >= 4 is 22.8 Å². The molecular formula is C19H26N4O2. The number of hydrogen-bond acceptors (Lipinski definition) is 3. The minimum atomic E-state index is -0.432. The molecule has 1 atom stereocenters. The van der Waals surface area contributed by atoms with E-state index >= 15 is 0 Å². The molecule has 3 rings (SSSR count). The maximum Gasteiger partial charge on any atom is 0.225 e. The first-order valence-corrected chi connectivity index (χ1v) is 8.77. The summed E-state index contributed by atoms with van der Waals surface area (Å²) in [5.41, 5.74) is 1.69. The molecule has 25 heavy (non-hydrogen) atoms. The van der Waals surface area contributed by atoms with Gasteiger partial charge in [-0.25, -0.2) is 4.98 Å². The van der Waals surface area contributed by atoms with Crippen molar-refractivity contribution in [2.24, 2.45) is 13.0 Å². The number of rotatable bonds is 5. The Morgan fingerprint density at radius 1 is 1.32 bits per heavy atom. The van der Waals surface area contributed by atoms with Crippen LogP contribution in [0.15, 0.2) is 24.3 Å². The summed E-state index contributed by atoms with van der Waals surface area (Å²) in [4.78, 5) is 30.7. The molecule has 0 unspecified atom stereocenters. The molecule has 6 heteroatoms. The predicted molar refractivity (Wildman–Crippen MR) is 97.0 cm³/mol. The van der Waals surface area contributed by atoms with Gasteiger partial charge in [-0.05, 0) is 32.4 Å². The van der Waals surface area contributed by atoms with E-state index in [0.29, 0.717) is 13.0 Å². The Labute approximate surface area is 148 Å². The lowest BCUT2D eigenvalue weighted by Gasteiger charge is -2.32. The Bertz CT molecular complexity index is 809. The van der Waals surface area contributed by atoms with Crippen molar-refractivity contribution in [3.05, 3.63) is 30.1 Å². The SMILES string of the molecule is CN1C(=O)C[C@@H](C(=O)NCCCc2nc3ccccc3n2C)C1(C)C. The van der Waals surface area contributed by atoms with Crippen LogP contribution in [0.2, 0.25) is 0 Å². The fraction of sp³-hybridized carbons (Fsp3) is 0.526. The number of likely N-dealkylation sites (tertiary alicyclic amines) is 1. The maximum absolute atomic E-state index is 12.5. The molecule has 0 aliphatic carbocycles. The van der Waals surface area contributed by atoms with E-state index in [1.807, 2.05) is 39.1 Å². The number of fused-ring (bicyclic) bond motifs is 1. The van der Waals surface area contributed by atoms with E-state index in [1.54, 1.807) is 11.9 Å². The van der Waals surface area contributed by atoms with Crippen molar-refractivity contribution < 1.29 is 9.59 Å². The molecule has 1 fully saturated rings. The topological polar surface area (TPSA) is 67.2 Å². The number of aromatic nitrogens is 2. The number of benzene rings is 1. The largest absolute Gasteiger partial charge is 0.356 e. The van der Waals surface area contributed by atoms with Crippen LogP contribution in [0, 0.1) is 5.92 Å². The predicted octanol–water partition coefficient (Wildman–Crippen LogP) is 1.88. The molecule has 1 saturated heterocycles. The molecule has 2 amide bonds. The molecule has 6 nitrogen and oxygen atoms in total. The number of carbonyl (C=O) groups excluding carboxylic acids is 2. The van der Waals surface area contributed by atoms with Gasteiger partial charge in [-0.15, -0.1) is 0 Å².